The monoisotopic (exact) mass is 190 g/mol. The maximum absolute atomic E-state index is 10.8. The van der Waals surface area contributed by atoms with Gasteiger partial charge >= 0.3 is 5.97 Å². The van der Waals surface area contributed by atoms with E-state index >= 15 is 0 Å². The molecule has 0 fully saturated rings. The van der Waals surface area contributed by atoms with Crippen LogP contribution in [0.15, 0.2) is 18.2 Å². The fraction of sp³-hybridized carbons (Fsp3) is 0.417. The summed E-state index contributed by atoms with van der Waals surface area (Å²) in [6, 6.07) is 6.16. The molecule has 2 nitrogen and oxygen atoms in total. The number of aryl methyl sites for hydroxylation is 1. The number of benzene rings is 1. The van der Waals surface area contributed by atoms with Crippen molar-refractivity contribution in [3.63, 3.8) is 0 Å². The maximum Gasteiger partial charge on any atom is 0.306 e. The molecule has 1 aliphatic carbocycles. The van der Waals surface area contributed by atoms with Gasteiger partial charge in [0.2, 0.25) is 0 Å². The second kappa shape index (κ2) is 3.45. The third kappa shape index (κ3) is 1.52. The zero-order chi connectivity index (χ0) is 10.1. The van der Waals surface area contributed by atoms with Gasteiger partial charge in [0.25, 0.3) is 0 Å². The Morgan fingerprint density at radius 2 is 2.29 bits per heavy atom. The topological polar surface area (TPSA) is 37.3 Å². The number of carboxylic acids is 1. The predicted octanol–water partition coefficient (Wildman–Crippen LogP) is 2.18. The summed E-state index contributed by atoms with van der Waals surface area (Å²) in [5, 5.41) is 8.93. The molecule has 0 bridgehead atoms. The van der Waals surface area contributed by atoms with Gasteiger partial charge in [-0.05, 0) is 42.9 Å². The Kier molecular flexibility index (Phi) is 2.28. The van der Waals surface area contributed by atoms with Crippen molar-refractivity contribution in [1.29, 1.82) is 0 Å². The van der Waals surface area contributed by atoms with Crippen LogP contribution < -0.4 is 0 Å². The van der Waals surface area contributed by atoms with Gasteiger partial charge in [-0.3, -0.25) is 4.79 Å². The maximum atomic E-state index is 10.8. The molecule has 14 heavy (non-hydrogen) atoms. The summed E-state index contributed by atoms with van der Waals surface area (Å²) < 4.78 is 0. The van der Waals surface area contributed by atoms with Gasteiger partial charge in [-0.2, -0.15) is 0 Å². The van der Waals surface area contributed by atoms with Crippen molar-refractivity contribution in [2.75, 3.05) is 0 Å². The molecule has 74 valence electrons. The molecular weight excluding hydrogens is 176 g/mol. The van der Waals surface area contributed by atoms with Gasteiger partial charge in [0.05, 0.1) is 5.92 Å². The summed E-state index contributed by atoms with van der Waals surface area (Å²) in [5.41, 5.74) is 3.89. The standard InChI is InChI=1S/C12H14O2/c1-8-3-2-4-9-7-10(12(13)14)5-6-11(8)9/h2-4,10H,5-7H2,1H3,(H,13,14). The Labute approximate surface area is 83.6 Å². The summed E-state index contributed by atoms with van der Waals surface area (Å²) in [4.78, 5) is 10.8. The van der Waals surface area contributed by atoms with Crippen molar-refractivity contribution in [2.24, 2.45) is 5.92 Å². The molecule has 0 radical (unpaired) electrons. The Morgan fingerprint density at radius 1 is 1.50 bits per heavy atom. The highest BCUT2D eigenvalue weighted by molar-refractivity contribution is 5.71. The Morgan fingerprint density at radius 3 is 3.00 bits per heavy atom. The van der Waals surface area contributed by atoms with E-state index in [1.165, 1.54) is 16.7 Å². The van der Waals surface area contributed by atoms with Crippen molar-refractivity contribution in [3.8, 4) is 0 Å². The summed E-state index contributed by atoms with van der Waals surface area (Å²) >= 11 is 0. The lowest BCUT2D eigenvalue weighted by atomic mass is 9.82. The van der Waals surface area contributed by atoms with Crippen molar-refractivity contribution in [2.45, 2.75) is 26.2 Å². The van der Waals surface area contributed by atoms with Crippen LogP contribution in [0.5, 0.6) is 0 Å². The van der Waals surface area contributed by atoms with Crippen LogP contribution in [-0.2, 0) is 17.6 Å². The number of carboxylic acid groups (broad SMARTS) is 1. The molecule has 0 amide bonds. The first kappa shape index (κ1) is 9.25. The van der Waals surface area contributed by atoms with Crippen molar-refractivity contribution in [3.05, 3.63) is 34.9 Å². The van der Waals surface area contributed by atoms with E-state index in [4.69, 9.17) is 5.11 Å². The van der Waals surface area contributed by atoms with E-state index in [0.717, 1.165) is 12.8 Å². The van der Waals surface area contributed by atoms with Gasteiger partial charge in [-0.1, -0.05) is 18.2 Å². The minimum absolute atomic E-state index is 0.177. The third-order valence-electron chi connectivity index (χ3n) is 3.07. The molecule has 2 heteroatoms. The fourth-order valence-corrected chi connectivity index (χ4v) is 2.21. The minimum Gasteiger partial charge on any atom is -0.481 e. The first-order chi connectivity index (χ1) is 6.68. The molecular formula is C12H14O2. The molecule has 0 heterocycles. The lowest BCUT2D eigenvalue weighted by Crippen LogP contribution is -2.22. The summed E-state index contributed by atoms with van der Waals surface area (Å²) in [7, 11) is 0. The van der Waals surface area contributed by atoms with Crippen LogP contribution in [0.1, 0.15) is 23.1 Å². The number of hydrogen-bond acceptors (Lipinski definition) is 1. The number of carbonyl (C=O) groups is 1. The Balaban J connectivity index is 2.31. The minimum atomic E-state index is -0.655. The van der Waals surface area contributed by atoms with Crippen LogP contribution in [0.25, 0.3) is 0 Å². The zero-order valence-electron chi connectivity index (χ0n) is 8.29. The smallest absolute Gasteiger partial charge is 0.306 e. The normalized spacial score (nSPS) is 20.2. The second-order valence-electron chi connectivity index (χ2n) is 3.99. The summed E-state index contributed by atoms with van der Waals surface area (Å²) in [5.74, 6) is -0.832. The first-order valence-corrected chi connectivity index (χ1v) is 4.98. The predicted molar refractivity (Wildman–Crippen MR) is 54.3 cm³/mol. The van der Waals surface area contributed by atoms with Crippen LogP contribution in [0.3, 0.4) is 0 Å². The van der Waals surface area contributed by atoms with Gasteiger partial charge in [0.1, 0.15) is 0 Å². The number of rotatable bonds is 1. The van der Waals surface area contributed by atoms with Gasteiger partial charge in [-0.25, -0.2) is 0 Å². The van der Waals surface area contributed by atoms with Crippen molar-refractivity contribution < 1.29 is 9.90 Å². The molecule has 0 spiro atoms. The van der Waals surface area contributed by atoms with E-state index in [1.54, 1.807) is 0 Å². The molecule has 0 saturated carbocycles. The van der Waals surface area contributed by atoms with E-state index in [9.17, 15) is 4.79 Å². The van der Waals surface area contributed by atoms with Crippen LogP contribution in [0.4, 0.5) is 0 Å². The Bertz CT molecular complexity index is 369. The Hall–Kier alpha value is -1.31. The van der Waals surface area contributed by atoms with E-state index in [-0.39, 0.29) is 5.92 Å². The molecule has 1 atom stereocenters. The molecule has 1 aromatic carbocycles. The molecule has 0 aromatic heterocycles. The van der Waals surface area contributed by atoms with Crippen LogP contribution in [0, 0.1) is 12.8 Å². The van der Waals surface area contributed by atoms with Gasteiger partial charge in [0, 0.05) is 0 Å². The van der Waals surface area contributed by atoms with Crippen LogP contribution in [0.2, 0.25) is 0 Å². The number of hydrogen-bond donors (Lipinski definition) is 1. The second-order valence-corrected chi connectivity index (χ2v) is 3.99. The van der Waals surface area contributed by atoms with E-state index < -0.39 is 5.97 Å². The zero-order valence-corrected chi connectivity index (χ0v) is 8.29. The highest BCUT2D eigenvalue weighted by atomic mass is 16.4. The SMILES string of the molecule is Cc1cccc2c1CCC(C(=O)O)C2. The van der Waals surface area contributed by atoms with Gasteiger partial charge in [0.15, 0.2) is 0 Å². The highest BCUT2D eigenvalue weighted by Gasteiger charge is 2.24. The van der Waals surface area contributed by atoms with Crippen molar-refractivity contribution in [1.82, 2.24) is 0 Å². The first-order valence-electron chi connectivity index (χ1n) is 4.98. The molecule has 0 saturated heterocycles. The average Bonchev–Trinajstić information content (AvgIpc) is 2.17. The largest absolute Gasteiger partial charge is 0.481 e. The van der Waals surface area contributed by atoms with Crippen LogP contribution in [-0.4, -0.2) is 11.1 Å². The quantitative estimate of drug-likeness (QED) is 0.737. The molecule has 1 aliphatic rings. The lowest BCUT2D eigenvalue weighted by molar-refractivity contribution is -0.142. The molecule has 1 unspecified atom stereocenters. The molecule has 2 rings (SSSR count). The summed E-state index contributed by atoms with van der Waals surface area (Å²) in [6.07, 6.45) is 2.40. The molecule has 0 aliphatic heterocycles. The molecule has 1 aromatic rings. The number of aliphatic carboxylic acids is 1. The molecule has 1 N–H and O–H groups in total. The van der Waals surface area contributed by atoms with Crippen LogP contribution >= 0.6 is 0 Å². The average molecular weight is 190 g/mol. The van der Waals surface area contributed by atoms with E-state index in [1.807, 2.05) is 6.07 Å². The fourth-order valence-electron chi connectivity index (χ4n) is 2.21. The van der Waals surface area contributed by atoms with E-state index in [0.29, 0.717) is 6.42 Å². The number of fused-ring (bicyclic) bond motifs is 1. The van der Waals surface area contributed by atoms with E-state index in [2.05, 4.69) is 19.1 Å². The summed E-state index contributed by atoms with van der Waals surface area (Å²) in [6.45, 7) is 2.10. The van der Waals surface area contributed by atoms with Crippen molar-refractivity contribution >= 4 is 5.97 Å². The van der Waals surface area contributed by atoms with Gasteiger partial charge < -0.3 is 5.11 Å². The third-order valence-corrected chi connectivity index (χ3v) is 3.07. The van der Waals surface area contributed by atoms with Gasteiger partial charge in [-0.15, -0.1) is 0 Å². The lowest BCUT2D eigenvalue weighted by Gasteiger charge is -2.22. The highest BCUT2D eigenvalue weighted by Crippen LogP contribution is 2.27.